The summed E-state index contributed by atoms with van der Waals surface area (Å²) in [5.41, 5.74) is 0.523. The molecular weight excluding hydrogens is 196 g/mol. The Hall–Kier alpha value is -1.68. The molecule has 0 radical (unpaired) electrons. The van der Waals surface area contributed by atoms with Crippen LogP contribution in [0.15, 0.2) is 24.3 Å². The molecule has 0 aliphatic heterocycles. The quantitative estimate of drug-likeness (QED) is 0.456. The number of aliphatic hydroxyl groups excluding tert-OH is 1. The number of rotatable bonds is 4. The molecule has 0 fully saturated rings. The molecule has 0 saturated heterocycles. The fraction of sp³-hybridized carbons (Fsp3) is 0.273. The van der Waals surface area contributed by atoms with E-state index in [-0.39, 0.29) is 18.8 Å². The maximum atomic E-state index is 11.2. The number of benzene rings is 1. The summed E-state index contributed by atoms with van der Waals surface area (Å²) in [7, 11) is 0. The molecule has 0 aliphatic carbocycles. The second-order valence-electron chi connectivity index (χ2n) is 3.12. The van der Waals surface area contributed by atoms with Crippen molar-refractivity contribution in [2.24, 2.45) is 0 Å². The van der Waals surface area contributed by atoms with E-state index in [0.717, 1.165) is 0 Å². The maximum absolute atomic E-state index is 11.2. The molecule has 1 aromatic rings. The van der Waals surface area contributed by atoms with E-state index in [1.165, 1.54) is 6.92 Å². The van der Waals surface area contributed by atoms with Gasteiger partial charge in [-0.2, -0.15) is 0 Å². The molecule has 0 saturated carbocycles. The zero-order chi connectivity index (χ0) is 11.3. The molecule has 1 aromatic carbocycles. The summed E-state index contributed by atoms with van der Waals surface area (Å²) in [5, 5.41) is 8.95. The largest absolute Gasteiger partial charge is 0.426 e. The summed E-state index contributed by atoms with van der Waals surface area (Å²) in [5.74, 6) is -0.559. The third kappa shape index (κ3) is 3.52. The number of ketones is 1. The number of carbonyl (C=O) groups is 2. The molecular formula is C11H12O4. The second kappa shape index (κ2) is 5.26. The summed E-state index contributed by atoms with van der Waals surface area (Å²) < 4.78 is 4.93. The molecule has 15 heavy (non-hydrogen) atoms. The fourth-order valence-electron chi connectivity index (χ4n) is 1.10. The van der Waals surface area contributed by atoms with E-state index < -0.39 is 5.97 Å². The number of hydrogen-bond acceptors (Lipinski definition) is 4. The highest BCUT2D eigenvalue weighted by Gasteiger charge is 2.10. The topological polar surface area (TPSA) is 63.6 Å². The minimum Gasteiger partial charge on any atom is -0.426 e. The van der Waals surface area contributed by atoms with Gasteiger partial charge in [-0.15, -0.1) is 0 Å². The third-order valence-electron chi connectivity index (χ3n) is 1.76. The number of esters is 1. The Kier molecular flexibility index (Phi) is 4.00. The Balaban J connectivity index is 2.71. The molecule has 0 aromatic heterocycles. The van der Waals surface area contributed by atoms with E-state index in [0.29, 0.717) is 11.3 Å². The van der Waals surface area contributed by atoms with Gasteiger partial charge in [0, 0.05) is 5.56 Å². The molecule has 0 aliphatic rings. The van der Waals surface area contributed by atoms with Gasteiger partial charge in [-0.3, -0.25) is 9.59 Å². The number of Topliss-reactive ketones (excluding diaryl/α,β-unsaturated/α-hetero) is 1. The Bertz CT molecular complexity index is 371. The van der Waals surface area contributed by atoms with Crippen LogP contribution in [0.1, 0.15) is 18.9 Å². The van der Waals surface area contributed by atoms with Gasteiger partial charge in [0.25, 0.3) is 0 Å². The van der Waals surface area contributed by atoms with Gasteiger partial charge in [-0.05, 0) is 13.0 Å². The zero-order valence-electron chi connectivity index (χ0n) is 8.40. The van der Waals surface area contributed by atoms with Gasteiger partial charge < -0.3 is 9.84 Å². The predicted molar refractivity (Wildman–Crippen MR) is 53.3 cm³/mol. The highest BCUT2D eigenvalue weighted by molar-refractivity contribution is 5.95. The van der Waals surface area contributed by atoms with E-state index >= 15 is 0 Å². The molecule has 0 spiro atoms. The summed E-state index contributed by atoms with van der Waals surface area (Å²) in [6.45, 7) is 1.11. The van der Waals surface area contributed by atoms with Crippen LogP contribution >= 0.6 is 0 Å². The first-order chi connectivity index (χ1) is 7.13. The number of hydrogen-bond donors (Lipinski definition) is 1. The zero-order valence-corrected chi connectivity index (χ0v) is 8.40. The standard InChI is InChI=1S/C11H12O4/c1-8(13)6-11(14)15-10-5-3-2-4-9(10)7-12/h2-5,12H,6-7H2,1H3. The van der Waals surface area contributed by atoms with Crippen molar-refractivity contribution >= 4 is 11.8 Å². The van der Waals surface area contributed by atoms with Gasteiger partial charge >= 0.3 is 5.97 Å². The molecule has 0 amide bonds. The number of para-hydroxylation sites is 1. The first-order valence-electron chi connectivity index (χ1n) is 4.52. The molecule has 4 heteroatoms. The monoisotopic (exact) mass is 208 g/mol. The third-order valence-corrected chi connectivity index (χ3v) is 1.76. The number of ether oxygens (including phenoxy) is 1. The van der Waals surface area contributed by atoms with Gasteiger partial charge in [0.1, 0.15) is 18.0 Å². The van der Waals surface area contributed by atoms with Gasteiger partial charge in [0.2, 0.25) is 0 Å². The maximum Gasteiger partial charge on any atom is 0.318 e. The van der Waals surface area contributed by atoms with Gasteiger partial charge in [0.15, 0.2) is 0 Å². The molecule has 1 rings (SSSR count). The molecule has 0 heterocycles. The van der Waals surface area contributed by atoms with Crippen LogP contribution in [0.4, 0.5) is 0 Å². The molecule has 0 bridgehead atoms. The SMILES string of the molecule is CC(=O)CC(=O)Oc1ccccc1CO. The average molecular weight is 208 g/mol. The second-order valence-corrected chi connectivity index (χ2v) is 3.12. The van der Waals surface area contributed by atoms with Crippen molar-refractivity contribution in [2.45, 2.75) is 20.0 Å². The predicted octanol–water partition coefficient (Wildman–Crippen LogP) is 1.06. The highest BCUT2D eigenvalue weighted by Crippen LogP contribution is 2.18. The van der Waals surface area contributed by atoms with Gasteiger partial charge in [-0.1, -0.05) is 18.2 Å². The molecule has 1 N–H and O–H groups in total. The minimum absolute atomic E-state index is 0.205. The van der Waals surface area contributed by atoms with Crippen LogP contribution in [0.2, 0.25) is 0 Å². The van der Waals surface area contributed by atoms with E-state index in [9.17, 15) is 9.59 Å². The normalized spacial score (nSPS) is 9.73. The van der Waals surface area contributed by atoms with Crippen LogP contribution in [0.5, 0.6) is 5.75 Å². The summed E-state index contributed by atoms with van der Waals surface area (Å²) in [6, 6.07) is 6.64. The van der Waals surface area contributed by atoms with Crippen LogP contribution in [0.25, 0.3) is 0 Å². The van der Waals surface area contributed by atoms with E-state index in [1.54, 1.807) is 24.3 Å². The van der Waals surface area contributed by atoms with Crippen LogP contribution in [-0.4, -0.2) is 16.9 Å². The lowest BCUT2D eigenvalue weighted by Crippen LogP contribution is -2.12. The van der Waals surface area contributed by atoms with Crippen molar-refractivity contribution in [3.63, 3.8) is 0 Å². The smallest absolute Gasteiger partial charge is 0.318 e. The van der Waals surface area contributed by atoms with Crippen LogP contribution in [0.3, 0.4) is 0 Å². The number of carbonyl (C=O) groups excluding carboxylic acids is 2. The van der Waals surface area contributed by atoms with Crippen molar-refractivity contribution in [1.29, 1.82) is 0 Å². The minimum atomic E-state index is -0.608. The summed E-state index contributed by atoms with van der Waals surface area (Å²) in [4.78, 5) is 21.8. The first-order valence-corrected chi connectivity index (χ1v) is 4.52. The van der Waals surface area contributed by atoms with Crippen LogP contribution in [0, 0.1) is 0 Å². The lowest BCUT2D eigenvalue weighted by molar-refractivity contribution is -0.137. The Morgan fingerprint density at radius 3 is 2.60 bits per heavy atom. The Labute approximate surface area is 87.5 Å². The van der Waals surface area contributed by atoms with E-state index in [1.807, 2.05) is 0 Å². The molecule has 4 nitrogen and oxygen atoms in total. The molecule has 0 unspecified atom stereocenters. The van der Waals surface area contributed by atoms with E-state index in [4.69, 9.17) is 9.84 Å². The van der Waals surface area contributed by atoms with Gasteiger partial charge in [0.05, 0.1) is 6.61 Å². The lowest BCUT2D eigenvalue weighted by atomic mass is 10.2. The van der Waals surface area contributed by atoms with E-state index in [2.05, 4.69) is 0 Å². The van der Waals surface area contributed by atoms with Crippen molar-refractivity contribution < 1.29 is 19.4 Å². The van der Waals surface area contributed by atoms with Crippen molar-refractivity contribution in [2.75, 3.05) is 0 Å². The first kappa shape index (κ1) is 11.4. The Morgan fingerprint density at radius 2 is 2.00 bits per heavy atom. The molecule has 80 valence electrons. The van der Waals surface area contributed by atoms with Crippen LogP contribution in [-0.2, 0) is 16.2 Å². The lowest BCUT2D eigenvalue weighted by Gasteiger charge is -2.06. The average Bonchev–Trinajstić information content (AvgIpc) is 2.17. The van der Waals surface area contributed by atoms with Crippen molar-refractivity contribution in [3.8, 4) is 5.75 Å². The number of aliphatic hydroxyl groups is 1. The highest BCUT2D eigenvalue weighted by atomic mass is 16.5. The van der Waals surface area contributed by atoms with Gasteiger partial charge in [-0.25, -0.2) is 0 Å². The Morgan fingerprint density at radius 1 is 1.33 bits per heavy atom. The summed E-state index contributed by atoms with van der Waals surface area (Å²) in [6.07, 6.45) is -0.250. The summed E-state index contributed by atoms with van der Waals surface area (Å²) >= 11 is 0. The van der Waals surface area contributed by atoms with Crippen molar-refractivity contribution in [3.05, 3.63) is 29.8 Å². The van der Waals surface area contributed by atoms with Crippen LogP contribution < -0.4 is 4.74 Å². The molecule has 0 atom stereocenters. The fourth-order valence-corrected chi connectivity index (χ4v) is 1.10. The van der Waals surface area contributed by atoms with Crippen molar-refractivity contribution in [1.82, 2.24) is 0 Å².